The molecule has 3 aliphatic carbocycles. The van der Waals surface area contributed by atoms with Crippen LogP contribution in [0.3, 0.4) is 0 Å². The standard InChI is InChI=1S/C22H27F4N5O/c23-21(24)6-3-12(4-7-21)18(27)16-11-31-8-5-15(28-20(31)29-16)19(13-1-2-13)30-17(32)9-14-10-22(14,25)26/h5,8,11-14,18-19H,1-4,6-7,9-10,27H2,(H,30,32). The highest BCUT2D eigenvalue weighted by molar-refractivity contribution is 5.77. The maximum absolute atomic E-state index is 13.5. The van der Waals surface area contributed by atoms with Crippen LogP contribution in [0.4, 0.5) is 17.6 Å². The van der Waals surface area contributed by atoms with E-state index in [2.05, 4.69) is 15.3 Å². The van der Waals surface area contributed by atoms with Crippen molar-refractivity contribution in [2.24, 2.45) is 23.5 Å². The van der Waals surface area contributed by atoms with Crippen LogP contribution in [-0.4, -0.2) is 32.1 Å². The number of nitrogens with two attached hydrogens (primary N) is 1. The Kier molecular flexibility index (Phi) is 5.18. The molecule has 0 saturated heterocycles. The molecule has 6 nitrogen and oxygen atoms in total. The Hall–Kier alpha value is -2.23. The summed E-state index contributed by atoms with van der Waals surface area (Å²) in [6, 6.07) is 1.00. The highest BCUT2D eigenvalue weighted by Gasteiger charge is 2.57. The normalized spacial score (nSPS) is 26.6. The Bertz CT molecular complexity index is 1010. The van der Waals surface area contributed by atoms with Gasteiger partial charge in [-0.25, -0.2) is 27.5 Å². The molecule has 174 valence electrons. The Morgan fingerprint density at radius 2 is 1.78 bits per heavy atom. The van der Waals surface area contributed by atoms with E-state index in [1.54, 1.807) is 22.9 Å². The molecule has 5 rings (SSSR count). The molecule has 0 bridgehead atoms. The lowest BCUT2D eigenvalue weighted by molar-refractivity contribution is -0.123. The molecule has 3 aliphatic rings. The minimum Gasteiger partial charge on any atom is -0.347 e. The van der Waals surface area contributed by atoms with Gasteiger partial charge in [0.05, 0.1) is 23.5 Å². The molecule has 32 heavy (non-hydrogen) atoms. The van der Waals surface area contributed by atoms with E-state index in [0.29, 0.717) is 30.0 Å². The number of nitrogens with zero attached hydrogens (tertiary/aromatic N) is 3. The van der Waals surface area contributed by atoms with Gasteiger partial charge in [0.1, 0.15) is 0 Å². The van der Waals surface area contributed by atoms with E-state index >= 15 is 0 Å². The first-order valence-corrected chi connectivity index (χ1v) is 11.3. The summed E-state index contributed by atoms with van der Waals surface area (Å²) in [5.74, 6) is -5.98. The van der Waals surface area contributed by atoms with Gasteiger partial charge in [0, 0.05) is 44.0 Å². The molecule has 0 aliphatic heterocycles. The third-order valence-electron chi connectivity index (χ3n) is 7.09. The third kappa shape index (κ3) is 4.46. The average molecular weight is 453 g/mol. The van der Waals surface area contributed by atoms with Crippen molar-refractivity contribution in [3.8, 4) is 0 Å². The molecule has 3 fully saturated rings. The fourth-order valence-electron chi connectivity index (χ4n) is 4.71. The lowest BCUT2D eigenvalue weighted by atomic mass is 9.81. The number of hydrogen-bond donors (Lipinski definition) is 2. The van der Waals surface area contributed by atoms with Crippen LogP contribution in [0.5, 0.6) is 0 Å². The van der Waals surface area contributed by atoms with Crippen molar-refractivity contribution in [1.82, 2.24) is 19.7 Å². The van der Waals surface area contributed by atoms with Crippen molar-refractivity contribution in [3.63, 3.8) is 0 Å². The summed E-state index contributed by atoms with van der Waals surface area (Å²) >= 11 is 0. The number of carbonyl (C=O) groups is 1. The molecule has 1 amide bonds. The number of rotatable bonds is 7. The summed E-state index contributed by atoms with van der Waals surface area (Å²) in [6.07, 6.45) is 5.43. The van der Waals surface area contributed by atoms with Gasteiger partial charge in [-0.3, -0.25) is 9.20 Å². The van der Waals surface area contributed by atoms with Crippen molar-refractivity contribution >= 4 is 11.7 Å². The van der Waals surface area contributed by atoms with Gasteiger partial charge in [-0.2, -0.15) is 0 Å². The molecule has 3 saturated carbocycles. The zero-order chi connectivity index (χ0) is 22.7. The van der Waals surface area contributed by atoms with Crippen molar-refractivity contribution in [3.05, 3.63) is 29.8 Å². The van der Waals surface area contributed by atoms with Crippen LogP contribution in [0, 0.1) is 17.8 Å². The van der Waals surface area contributed by atoms with Gasteiger partial charge in [0.25, 0.3) is 5.92 Å². The number of hydrogen-bond acceptors (Lipinski definition) is 4. The monoisotopic (exact) mass is 453 g/mol. The first kappa shape index (κ1) is 21.6. The maximum Gasteiger partial charge on any atom is 0.252 e. The number of amides is 1. The summed E-state index contributed by atoms with van der Waals surface area (Å²) in [4.78, 5) is 21.4. The van der Waals surface area contributed by atoms with Crippen LogP contribution in [-0.2, 0) is 4.79 Å². The molecule has 3 N–H and O–H groups in total. The highest BCUT2D eigenvalue weighted by Crippen LogP contribution is 2.51. The molecule has 0 radical (unpaired) electrons. The number of fused-ring (bicyclic) bond motifs is 1. The molecule has 3 unspecified atom stereocenters. The van der Waals surface area contributed by atoms with Crippen LogP contribution in [0.25, 0.3) is 5.78 Å². The van der Waals surface area contributed by atoms with Crippen LogP contribution in [0.2, 0.25) is 0 Å². The topological polar surface area (TPSA) is 85.3 Å². The van der Waals surface area contributed by atoms with Crippen LogP contribution < -0.4 is 11.1 Å². The highest BCUT2D eigenvalue weighted by atomic mass is 19.3. The molecule has 0 aromatic carbocycles. The van der Waals surface area contributed by atoms with Gasteiger partial charge in [-0.1, -0.05) is 0 Å². The minimum atomic E-state index is -2.72. The smallest absolute Gasteiger partial charge is 0.252 e. The molecule has 3 atom stereocenters. The molecule has 2 aromatic rings. The molecule has 2 heterocycles. The average Bonchev–Trinajstić information content (AvgIpc) is 3.62. The van der Waals surface area contributed by atoms with Crippen LogP contribution in [0.15, 0.2) is 18.5 Å². The second-order valence-electron chi connectivity index (χ2n) is 9.69. The second-order valence-corrected chi connectivity index (χ2v) is 9.69. The summed E-state index contributed by atoms with van der Waals surface area (Å²) < 4.78 is 55.0. The van der Waals surface area contributed by atoms with E-state index in [0.717, 1.165) is 12.8 Å². The first-order valence-electron chi connectivity index (χ1n) is 11.3. The van der Waals surface area contributed by atoms with Crippen molar-refractivity contribution in [2.75, 3.05) is 0 Å². The maximum atomic E-state index is 13.5. The SMILES string of the molecule is NC(c1cn2ccc(C(NC(=O)CC3CC3(F)F)C3CC3)nc2n1)C1CCC(F)(F)CC1. The molecule has 10 heteroatoms. The Labute approximate surface area is 183 Å². The van der Waals surface area contributed by atoms with Crippen LogP contribution in [0.1, 0.15) is 74.8 Å². The third-order valence-corrected chi connectivity index (χ3v) is 7.09. The largest absolute Gasteiger partial charge is 0.347 e. The van der Waals surface area contributed by atoms with Gasteiger partial charge < -0.3 is 11.1 Å². The number of alkyl halides is 4. The Morgan fingerprint density at radius 1 is 1.12 bits per heavy atom. The zero-order valence-electron chi connectivity index (χ0n) is 17.6. The van der Waals surface area contributed by atoms with Gasteiger partial charge in [-0.15, -0.1) is 0 Å². The Morgan fingerprint density at radius 3 is 2.41 bits per heavy atom. The van der Waals surface area contributed by atoms with E-state index in [-0.39, 0.29) is 49.5 Å². The van der Waals surface area contributed by atoms with E-state index in [4.69, 9.17) is 5.73 Å². The van der Waals surface area contributed by atoms with E-state index < -0.39 is 23.8 Å². The lowest BCUT2D eigenvalue weighted by Gasteiger charge is -2.31. The molecule has 2 aromatic heterocycles. The predicted octanol–water partition coefficient (Wildman–Crippen LogP) is 4.17. The summed E-state index contributed by atoms with van der Waals surface area (Å²) in [5, 5.41) is 2.89. The van der Waals surface area contributed by atoms with Crippen molar-refractivity contribution < 1.29 is 22.4 Å². The Balaban J connectivity index is 1.30. The van der Waals surface area contributed by atoms with Gasteiger partial charge in [-0.05, 0) is 43.6 Å². The molecular weight excluding hydrogens is 426 g/mol. The number of aromatic nitrogens is 3. The van der Waals surface area contributed by atoms with Crippen LogP contribution >= 0.6 is 0 Å². The summed E-state index contributed by atoms with van der Waals surface area (Å²) in [5.41, 5.74) is 7.59. The zero-order valence-corrected chi connectivity index (χ0v) is 17.6. The molecular formula is C22H27F4N5O. The van der Waals surface area contributed by atoms with E-state index in [1.807, 2.05) is 0 Å². The first-order chi connectivity index (χ1) is 15.1. The molecule has 0 spiro atoms. The van der Waals surface area contributed by atoms with Crippen molar-refractivity contribution in [2.45, 2.75) is 75.3 Å². The number of halogens is 4. The van der Waals surface area contributed by atoms with Gasteiger partial charge >= 0.3 is 0 Å². The quantitative estimate of drug-likeness (QED) is 0.617. The lowest BCUT2D eigenvalue weighted by Crippen LogP contribution is -2.31. The second kappa shape index (κ2) is 7.67. The summed E-state index contributed by atoms with van der Waals surface area (Å²) in [6.45, 7) is 0. The minimum absolute atomic E-state index is 0.0574. The van der Waals surface area contributed by atoms with Gasteiger partial charge in [0.15, 0.2) is 0 Å². The fourth-order valence-corrected chi connectivity index (χ4v) is 4.71. The number of carbonyl (C=O) groups excluding carboxylic acids is 1. The van der Waals surface area contributed by atoms with E-state index in [1.165, 1.54) is 0 Å². The van der Waals surface area contributed by atoms with Gasteiger partial charge in [0.2, 0.25) is 17.6 Å². The number of imidazole rings is 1. The van der Waals surface area contributed by atoms with Crippen molar-refractivity contribution in [1.29, 1.82) is 0 Å². The summed E-state index contributed by atoms with van der Waals surface area (Å²) in [7, 11) is 0. The fraction of sp³-hybridized carbons (Fsp3) is 0.682. The predicted molar refractivity (Wildman–Crippen MR) is 108 cm³/mol. The van der Waals surface area contributed by atoms with E-state index in [9.17, 15) is 22.4 Å². The number of nitrogens with one attached hydrogen (secondary N) is 1.